The average molecular weight is 605 g/mol. The van der Waals surface area contributed by atoms with Crippen molar-refractivity contribution in [2.24, 2.45) is 11.8 Å². The van der Waals surface area contributed by atoms with E-state index < -0.39 is 23.6 Å². The number of nitrogens with one attached hydrogen (secondary N) is 1. The molecule has 1 saturated heterocycles. The first-order valence-electron chi connectivity index (χ1n) is 14.9. The number of anilines is 2. The van der Waals surface area contributed by atoms with E-state index in [1.165, 1.54) is 13.3 Å². The zero-order valence-electron chi connectivity index (χ0n) is 26.1. The monoisotopic (exact) mass is 604 g/mol. The zero-order chi connectivity index (χ0) is 31.7. The van der Waals surface area contributed by atoms with Crippen molar-refractivity contribution >= 4 is 23.5 Å². The Bertz CT molecular complexity index is 1320. The van der Waals surface area contributed by atoms with Crippen LogP contribution in [0.15, 0.2) is 12.3 Å². The molecule has 2 aliphatic rings. The summed E-state index contributed by atoms with van der Waals surface area (Å²) in [5.74, 6) is -0.398. The number of methoxy groups -OCH3 is 1. The molecular weight excluding hydrogens is 561 g/mol. The van der Waals surface area contributed by atoms with Crippen LogP contribution < -0.4 is 10.2 Å². The van der Waals surface area contributed by atoms with E-state index in [1.54, 1.807) is 6.92 Å². The van der Waals surface area contributed by atoms with Gasteiger partial charge in [0.05, 0.1) is 41.7 Å². The molecule has 9 nitrogen and oxygen atoms in total. The van der Waals surface area contributed by atoms with E-state index >= 15 is 0 Å². The number of rotatable bonds is 7. The van der Waals surface area contributed by atoms with Crippen LogP contribution in [-0.4, -0.2) is 76.7 Å². The lowest BCUT2D eigenvalue weighted by atomic mass is 9.81. The molecule has 1 amide bonds. The molecular formula is C31H43F3N6O3. The summed E-state index contributed by atoms with van der Waals surface area (Å²) >= 11 is 0. The van der Waals surface area contributed by atoms with Gasteiger partial charge in [0.1, 0.15) is 17.3 Å². The van der Waals surface area contributed by atoms with E-state index in [0.29, 0.717) is 61.8 Å². The fraction of sp³-hybridized carbons (Fsp3) is 0.645. The summed E-state index contributed by atoms with van der Waals surface area (Å²) in [6.07, 6.45) is -1.29. The van der Waals surface area contributed by atoms with Crippen LogP contribution in [0.2, 0.25) is 0 Å². The first-order chi connectivity index (χ1) is 20.1. The number of pyridine rings is 1. The molecule has 0 radical (unpaired) electrons. The van der Waals surface area contributed by atoms with Gasteiger partial charge in [-0.1, -0.05) is 13.8 Å². The number of halogens is 3. The molecule has 1 saturated carbocycles. The second-order valence-corrected chi connectivity index (χ2v) is 12.7. The van der Waals surface area contributed by atoms with E-state index in [4.69, 9.17) is 9.72 Å². The number of aryl methyl sites for hydroxylation is 2. The number of amides is 1. The number of hydrogen-bond acceptors (Lipinski definition) is 8. The van der Waals surface area contributed by atoms with Gasteiger partial charge >= 0.3 is 12.1 Å². The highest BCUT2D eigenvalue weighted by molar-refractivity contribution is 5.93. The summed E-state index contributed by atoms with van der Waals surface area (Å²) in [7, 11) is 1.35. The van der Waals surface area contributed by atoms with Crippen molar-refractivity contribution in [2.75, 3.05) is 43.5 Å². The lowest BCUT2D eigenvalue weighted by molar-refractivity contribution is -0.183. The number of ether oxygens (including phenoxy) is 1. The first kappa shape index (κ1) is 32.5. The van der Waals surface area contributed by atoms with E-state index in [-0.39, 0.29) is 36.3 Å². The van der Waals surface area contributed by atoms with Gasteiger partial charge in [0.15, 0.2) is 0 Å². The van der Waals surface area contributed by atoms with Gasteiger partial charge in [-0.3, -0.25) is 4.79 Å². The molecule has 0 spiro atoms. The van der Waals surface area contributed by atoms with Crippen LogP contribution in [0.3, 0.4) is 0 Å². The van der Waals surface area contributed by atoms with Crippen LogP contribution >= 0.6 is 0 Å². The van der Waals surface area contributed by atoms with Gasteiger partial charge in [-0.2, -0.15) is 13.2 Å². The van der Waals surface area contributed by atoms with Gasteiger partial charge < -0.3 is 19.9 Å². The lowest BCUT2D eigenvalue weighted by Crippen LogP contribution is -2.61. The Labute approximate surface area is 251 Å². The highest BCUT2D eigenvalue weighted by Crippen LogP contribution is 2.39. The van der Waals surface area contributed by atoms with Gasteiger partial charge in [0.25, 0.3) is 5.91 Å². The Balaban J connectivity index is 1.44. The normalized spacial score (nSPS) is 20.7. The molecule has 2 aromatic heterocycles. The molecule has 12 heteroatoms. The predicted molar refractivity (Wildman–Crippen MR) is 158 cm³/mol. The Morgan fingerprint density at radius 1 is 1.12 bits per heavy atom. The number of aromatic nitrogens is 3. The lowest BCUT2D eigenvalue weighted by Gasteiger charge is -2.47. The molecule has 0 aromatic carbocycles. The van der Waals surface area contributed by atoms with Crippen molar-refractivity contribution in [3.05, 3.63) is 40.5 Å². The number of carbonyl (C=O) groups is 2. The third-order valence-electron chi connectivity index (χ3n) is 8.68. The Morgan fingerprint density at radius 3 is 2.35 bits per heavy atom. The molecule has 3 heterocycles. The third-order valence-corrected chi connectivity index (χ3v) is 8.68. The van der Waals surface area contributed by atoms with Crippen LogP contribution in [0.1, 0.15) is 97.1 Å². The average Bonchev–Trinajstić information content (AvgIpc) is 2.94. The molecule has 1 aliphatic carbocycles. The standard InChI is InChI=1S/C31H43F3N6O3/c1-18(2)26-27(35-15-21-8-10-22(11-9-21)31(32,33)34)36-16-23(38-26)28(41)40-13-12-39(17-30(40,5)6)24-14-19(3)25(20(4)37-24)29(42)43-7/h14,16,18,21-22H,8-13,15,17H2,1-7H3,(H,35,36). The number of nitrogens with zero attached hydrogens (tertiary/aromatic N) is 5. The Hall–Kier alpha value is -3.44. The quantitative estimate of drug-likeness (QED) is 0.389. The van der Waals surface area contributed by atoms with E-state index in [2.05, 4.69) is 20.2 Å². The van der Waals surface area contributed by atoms with Crippen molar-refractivity contribution in [1.29, 1.82) is 0 Å². The topological polar surface area (TPSA) is 101 Å². The number of alkyl halides is 3. The molecule has 0 bridgehead atoms. The molecule has 2 fully saturated rings. The predicted octanol–water partition coefficient (Wildman–Crippen LogP) is 5.92. The van der Waals surface area contributed by atoms with Crippen molar-refractivity contribution in [3.8, 4) is 0 Å². The van der Waals surface area contributed by atoms with Crippen LogP contribution in [0, 0.1) is 25.7 Å². The van der Waals surface area contributed by atoms with Crippen molar-refractivity contribution in [1.82, 2.24) is 19.9 Å². The van der Waals surface area contributed by atoms with E-state index in [1.807, 2.05) is 45.6 Å². The molecule has 1 aliphatic heterocycles. The number of carbonyl (C=O) groups excluding carboxylic acids is 2. The zero-order valence-corrected chi connectivity index (χ0v) is 26.1. The van der Waals surface area contributed by atoms with Crippen LogP contribution in [0.4, 0.5) is 24.8 Å². The SMILES string of the molecule is COC(=O)c1c(C)cc(N2CCN(C(=O)c3cnc(NCC4CCC(C(F)(F)F)CC4)c(C(C)C)n3)C(C)(C)C2)nc1C. The first-order valence-corrected chi connectivity index (χ1v) is 14.9. The van der Waals surface area contributed by atoms with Crippen LogP contribution in [-0.2, 0) is 4.74 Å². The number of esters is 1. The Kier molecular flexibility index (Phi) is 9.56. The minimum Gasteiger partial charge on any atom is -0.465 e. The van der Waals surface area contributed by atoms with Crippen LogP contribution in [0.5, 0.6) is 0 Å². The highest BCUT2D eigenvalue weighted by atomic mass is 19.4. The maximum atomic E-state index is 13.7. The molecule has 4 rings (SSSR count). The van der Waals surface area contributed by atoms with Crippen LogP contribution in [0.25, 0.3) is 0 Å². The largest absolute Gasteiger partial charge is 0.465 e. The molecule has 0 atom stereocenters. The third kappa shape index (κ3) is 7.21. The summed E-state index contributed by atoms with van der Waals surface area (Å²) in [5.41, 5.74) is 2.21. The number of hydrogen-bond donors (Lipinski definition) is 1. The van der Waals surface area contributed by atoms with Gasteiger partial charge in [-0.15, -0.1) is 0 Å². The second-order valence-electron chi connectivity index (χ2n) is 12.7. The maximum absolute atomic E-state index is 13.7. The molecule has 43 heavy (non-hydrogen) atoms. The summed E-state index contributed by atoms with van der Waals surface area (Å²) in [5, 5.41) is 3.31. The minimum atomic E-state index is -4.12. The smallest absolute Gasteiger partial charge is 0.391 e. The van der Waals surface area contributed by atoms with Gasteiger partial charge in [0, 0.05) is 26.2 Å². The van der Waals surface area contributed by atoms with E-state index in [9.17, 15) is 22.8 Å². The highest BCUT2D eigenvalue weighted by Gasteiger charge is 2.41. The van der Waals surface area contributed by atoms with Gasteiger partial charge in [-0.05, 0) is 76.8 Å². The fourth-order valence-corrected chi connectivity index (χ4v) is 6.23. The second kappa shape index (κ2) is 12.7. The van der Waals surface area contributed by atoms with Gasteiger partial charge in [-0.25, -0.2) is 19.7 Å². The molecule has 236 valence electrons. The van der Waals surface area contributed by atoms with Gasteiger partial charge in [0.2, 0.25) is 0 Å². The molecule has 2 aromatic rings. The number of piperazine rings is 1. The summed E-state index contributed by atoms with van der Waals surface area (Å²) in [4.78, 5) is 43.8. The summed E-state index contributed by atoms with van der Waals surface area (Å²) < 4.78 is 44.0. The fourth-order valence-electron chi connectivity index (χ4n) is 6.23. The van der Waals surface area contributed by atoms with Crippen molar-refractivity contribution in [3.63, 3.8) is 0 Å². The van der Waals surface area contributed by atoms with Crippen molar-refractivity contribution in [2.45, 2.75) is 84.9 Å². The minimum absolute atomic E-state index is 0.0147. The maximum Gasteiger partial charge on any atom is 0.391 e. The molecule has 1 N–H and O–H groups in total. The summed E-state index contributed by atoms with van der Waals surface area (Å²) in [6, 6.07) is 1.88. The van der Waals surface area contributed by atoms with E-state index in [0.717, 1.165) is 11.4 Å². The van der Waals surface area contributed by atoms with Crippen molar-refractivity contribution < 1.29 is 27.5 Å². The Morgan fingerprint density at radius 2 is 1.79 bits per heavy atom. The molecule has 0 unspecified atom stereocenters. The summed E-state index contributed by atoms with van der Waals surface area (Å²) in [6.45, 7) is 13.7.